The lowest BCUT2D eigenvalue weighted by molar-refractivity contribution is -0.144. The largest absolute Gasteiger partial charge is 0.484 e. The first-order valence-corrected chi connectivity index (χ1v) is 8.43. The van der Waals surface area contributed by atoms with E-state index in [1.807, 2.05) is 6.07 Å². The summed E-state index contributed by atoms with van der Waals surface area (Å²) in [7, 11) is 0. The van der Waals surface area contributed by atoms with E-state index in [-0.39, 0.29) is 6.61 Å². The van der Waals surface area contributed by atoms with E-state index in [1.54, 1.807) is 42.5 Å². The number of rotatable bonds is 8. The van der Waals surface area contributed by atoms with Crippen LogP contribution < -0.4 is 14.9 Å². The van der Waals surface area contributed by atoms with Crippen LogP contribution in [0.15, 0.2) is 58.1 Å². The van der Waals surface area contributed by atoms with Crippen molar-refractivity contribution in [1.29, 1.82) is 0 Å². The molecule has 0 bridgehead atoms. The fourth-order valence-electron chi connectivity index (χ4n) is 1.80. The van der Waals surface area contributed by atoms with Gasteiger partial charge >= 0.3 is 5.97 Å². The van der Waals surface area contributed by atoms with Gasteiger partial charge in [-0.2, -0.15) is 5.10 Å². The van der Waals surface area contributed by atoms with Crippen LogP contribution >= 0.6 is 15.9 Å². The Bertz CT molecular complexity index is 792. The van der Waals surface area contributed by atoms with E-state index in [0.29, 0.717) is 17.1 Å². The molecule has 0 unspecified atom stereocenters. The Morgan fingerprint density at radius 1 is 1.23 bits per heavy atom. The van der Waals surface area contributed by atoms with Crippen molar-refractivity contribution in [2.24, 2.45) is 5.10 Å². The number of carboxylic acids is 1. The number of ether oxygens (including phenoxy) is 2. The lowest BCUT2D eigenvalue weighted by atomic mass is 10.2. The SMILES string of the molecule is C[C@@H](Oc1ccc(/C=N/NC(=O)COc2cccc(Br)c2)cc1)C(=O)O. The molecule has 0 heterocycles. The monoisotopic (exact) mass is 420 g/mol. The fraction of sp³-hybridized carbons (Fsp3) is 0.167. The predicted octanol–water partition coefficient (Wildman–Crippen LogP) is 2.83. The highest BCUT2D eigenvalue weighted by molar-refractivity contribution is 9.10. The third kappa shape index (κ3) is 6.56. The summed E-state index contributed by atoms with van der Waals surface area (Å²) in [6.07, 6.45) is 0.528. The first-order chi connectivity index (χ1) is 12.4. The van der Waals surface area contributed by atoms with E-state index in [1.165, 1.54) is 13.1 Å². The molecule has 136 valence electrons. The number of amides is 1. The molecular weight excluding hydrogens is 404 g/mol. The second-order valence-electron chi connectivity index (χ2n) is 5.21. The van der Waals surface area contributed by atoms with Crippen LogP contribution in [0.1, 0.15) is 12.5 Å². The Labute approximate surface area is 158 Å². The Kier molecular flexibility index (Phi) is 7.16. The van der Waals surface area contributed by atoms with Crippen LogP contribution in [0.3, 0.4) is 0 Å². The molecule has 2 aromatic rings. The van der Waals surface area contributed by atoms with Crippen molar-refractivity contribution < 1.29 is 24.2 Å². The molecule has 1 amide bonds. The summed E-state index contributed by atoms with van der Waals surface area (Å²) >= 11 is 3.32. The number of benzene rings is 2. The summed E-state index contributed by atoms with van der Waals surface area (Å²) in [5.41, 5.74) is 3.08. The summed E-state index contributed by atoms with van der Waals surface area (Å²) in [5.74, 6) is -0.423. The van der Waals surface area contributed by atoms with E-state index in [9.17, 15) is 9.59 Å². The Balaban J connectivity index is 1.78. The number of aliphatic carboxylic acids is 1. The molecule has 2 rings (SSSR count). The number of hydrazone groups is 1. The molecule has 26 heavy (non-hydrogen) atoms. The highest BCUT2D eigenvalue weighted by atomic mass is 79.9. The topological polar surface area (TPSA) is 97.2 Å². The molecule has 0 aliphatic heterocycles. The number of carbonyl (C=O) groups is 2. The van der Waals surface area contributed by atoms with Crippen molar-refractivity contribution in [3.63, 3.8) is 0 Å². The third-order valence-corrected chi connectivity index (χ3v) is 3.60. The molecule has 2 aromatic carbocycles. The number of hydrogen-bond acceptors (Lipinski definition) is 5. The number of halogens is 1. The van der Waals surface area contributed by atoms with Crippen LogP contribution in [-0.2, 0) is 9.59 Å². The number of carbonyl (C=O) groups excluding carboxylic acids is 1. The van der Waals surface area contributed by atoms with Gasteiger partial charge in [-0.3, -0.25) is 4.79 Å². The minimum absolute atomic E-state index is 0.159. The van der Waals surface area contributed by atoms with Gasteiger partial charge in [0.1, 0.15) is 11.5 Å². The highest BCUT2D eigenvalue weighted by Gasteiger charge is 2.11. The van der Waals surface area contributed by atoms with Gasteiger partial charge in [-0.05, 0) is 55.0 Å². The van der Waals surface area contributed by atoms with Crippen molar-refractivity contribution in [2.75, 3.05) is 6.61 Å². The van der Waals surface area contributed by atoms with Crippen molar-refractivity contribution in [1.82, 2.24) is 5.43 Å². The van der Waals surface area contributed by atoms with Crippen molar-refractivity contribution in [2.45, 2.75) is 13.0 Å². The van der Waals surface area contributed by atoms with E-state index >= 15 is 0 Å². The second kappa shape index (κ2) is 9.57. The van der Waals surface area contributed by atoms with Gasteiger partial charge in [0.2, 0.25) is 0 Å². The maximum atomic E-state index is 11.7. The van der Waals surface area contributed by atoms with Gasteiger partial charge in [-0.1, -0.05) is 22.0 Å². The van der Waals surface area contributed by atoms with E-state index in [4.69, 9.17) is 14.6 Å². The van der Waals surface area contributed by atoms with Crippen molar-refractivity contribution in [3.8, 4) is 11.5 Å². The van der Waals surface area contributed by atoms with Crippen LogP contribution in [0.25, 0.3) is 0 Å². The molecule has 0 saturated heterocycles. The summed E-state index contributed by atoms with van der Waals surface area (Å²) in [6.45, 7) is 1.29. The molecule has 0 spiro atoms. The maximum absolute atomic E-state index is 11.7. The van der Waals surface area contributed by atoms with Gasteiger partial charge in [0.15, 0.2) is 12.7 Å². The summed E-state index contributed by atoms with van der Waals surface area (Å²) in [5, 5.41) is 12.6. The summed E-state index contributed by atoms with van der Waals surface area (Å²) in [4.78, 5) is 22.4. The molecule has 1 atom stereocenters. The Hall–Kier alpha value is -2.87. The quantitative estimate of drug-likeness (QED) is 0.505. The second-order valence-corrected chi connectivity index (χ2v) is 6.12. The molecule has 0 fully saturated rings. The van der Waals surface area contributed by atoms with Gasteiger partial charge in [-0.25, -0.2) is 10.2 Å². The average Bonchev–Trinajstić information content (AvgIpc) is 2.61. The summed E-state index contributed by atoms with van der Waals surface area (Å²) in [6, 6.07) is 13.8. The first kappa shape index (κ1) is 19.5. The standard InChI is InChI=1S/C18H17BrN2O5/c1-12(18(23)24)26-15-7-5-13(6-8-15)10-20-21-17(22)11-25-16-4-2-3-14(19)9-16/h2-10,12H,11H2,1H3,(H,21,22)(H,23,24)/b20-10+/t12-/m1/s1. The van der Waals surface area contributed by atoms with Crippen LogP contribution in [-0.4, -0.2) is 35.9 Å². The minimum Gasteiger partial charge on any atom is -0.484 e. The zero-order chi connectivity index (χ0) is 18.9. The fourth-order valence-corrected chi connectivity index (χ4v) is 2.18. The Morgan fingerprint density at radius 3 is 2.62 bits per heavy atom. The molecule has 7 nitrogen and oxygen atoms in total. The van der Waals surface area contributed by atoms with E-state index < -0.39 is 18.0 Å². The van der Waals surface area contributed by atoms with Gasteiger partial charge < -0.3 is 14.6 Å². The predicted molar refractivity (Wildman–Crippen MR) is 99.5 cm³/mol. The van der Waals surface area contributed by atoms with Gasteiger partial charge in [-0.15, -0.1) is 0 Å². The molecule has 8 heteroatoms. The van der Waals surface area contributed by atoms with E-state index in [2.05, 4.69) is 26.5 Å². The van der Waals surface area contributed by atoms with Crippen LogP contribution in [0.5, 0.6) is 11.5 Å². The number of carboxylic acid groups (broad SMARTS) is 1. The zero-order valence-electron chi connectivity index (χ0n) is 13.9. The Morgan fingerprint density at radius 2 is 1.96 bits per heavy atom. The van der Waals surface area contributed by atoms with Crippen molar-refractivity contribution >= 4 is 34.0 Å². The van der Waals surface area contributed by atoms with E-state index in [0.717, 1.165) is 4.47 Å². The number of hydrogen-bond donors (Lipinski definition) is 2. The molecular formula is C18H17BrN2O5. The summed E-state index contributed by atoms with van der Waals surface area (Å²) < 4.78 is 11.4. The molecule has 0 aromatic heterocycles. The molecule has 0 aliphatic carbocycles. The lowest BCUT2D eigenvalue weighted by Crippen LogP contribution is -2.24. The van der Waals surface area contributed by atoms with Crippen molar-refractivity contribution in [3.05, 3.63) is 58.6 Å². The van der Waals surface area contributed by atoms with Gasteiger partial charge in [0.05, 0.1) is 6.21 Å². The third-order valence-electron chi connectivity index (χ3n) is 3.11. The zero-order valence-corrected chi connectivity index (χ0v) is 15.5. The first-order valence-electron chi connectivity index (χ1n) is 7.64. The molecule has 0 saturated carbocycles. The maximum Gasteiger partial charge on any atom is 0.344 e. The lowest BCUT2D eigenvalue weighted by Gasteiger charge is -2.09. The van der Waals surface area contributed by atoms with Gasteiger partial charge in [0, 0.05) is 4.47 Å². The number of nitrogens with one attached hydrogen (secondary N) is 1. The van der Waals surface area contributed by atoms with Crippen LogP contribution in [0.4, 0.5) is 0 Å². The molecule has 0 aliphatic rings. The number of nitrogens with zero attached hydrogens (tertiary/aromatic N) is 1. The smallest absolute Gasteiger partial charge is 0.344 e. The van der Waals surface area contributed by atoms with Crippen LogP contribution in [0, 0.1) is 0 Å². The average molecular weight is 421 g/mol. The minimum atomic E-state index is -1.04. The molecule has 2 N–H and O–H groups in total. The normalized spacial score (nSPS) is 11.8. The highest BCUT2D eigenvalue weighted by Crippen LogP contribution is 2.17. The van der Waals surface area contributed by atoms with Gasteiger partial charge in [0.25, 0.3) is 5.91 Å². The molecule has 0 radical (unpaired) electrons. The van der Waals surface area contributed by atoms with Crippen LogP contribution in [0.2, 0.25) is 0 Å².